The zero-order chi connectivity index (χ0) is 19.0. The van der Waals surface area contributed by atoms with E-state index in [1.54, 1.807) is 0 Å². The lowest BCUT2D eigenvalue weighted by molar-refractivity contribution is 0.0844. The quantitative estimate of drug-likeness (QED) is 0.652. The summed E-state index contributed by atoms with van der Waals surface area (Å²) in [7, 11) is 1.93. The molecule has 0 aromatic carbocycles. The van der Waals surface area contributed by atoms with E-state index >= 15 is 0 Å². The van der Waals surface area contributed by atoms with Gasteiger partial charge in [-0.3, -0.25) is 4.68 Å². The lowest BCUT2D eigenvalue weighted by atomic mass is 10.1. The molecule has 0 bridgehead atoms. The van der Waals surface area contributed by atoms with Crippen LogP contribution in [0.1, 0.15) is 25.3 Å². The van der Waals surface area contributed by atoms with E-state index in [0.29, 0.717) is 6.04 Å². The zero-order valence-electron chi connectivity index (χ0n) is 16.1. The fourth-order valence-corrected chi connectivity index (χ4v) is 4.09. The molecule has 0 N–H and O–H groups in total. The lowest BCUT2D eigenvalue weighted by Crippen LogP contribution is -2.40. The standard InChI is InChI=1S/C21H25N5O/c1-5-25(18-6-8-27-9-7-18)21-15(2)20(22-3)11-19-10-16(14-26(19)21)17-12-23-24(4)13-17/h10-14,18H,5-9H2,1-2,4H3. The lowest BCUT2D eigenvalue weighted by Gasteiger charge is -2.37. The second-order valence-corrected chi connectivity index (χ2v) is 7.15. The Kier molecular flexibility index (Phi) is 4.63. The molecule has 6 heteroatoms. The maximum atomic E-state index is 7.64. The first kappa shape index (κ1) is 17.6. The van der Waals surface area contributed by atoms with Crippen molar-refractivity contribution in [2.75, 3.05) is 24.7 Å². The Morgan fingerprint density at radius 3 is 2.67 bits per heavy atom. The van der Waals surface area contributed by atoms with Gasteiger partial charge in [0.05, 0.1) is 12.8 Å². The molecule has 1 fully saturated rings. The second-order valence-electron chi connectivity index (χ2n) is 7.15. The van der Waals surface area contributed by atoms with Crippen LogP contribution in [-0.4, -0.2) is 40.0 Å². The Balaban J connectivity index is 1.90. The molecule has 4 rings (SSSR count). The van der Waals surface area contributed by atoms with Crippen LogP contribution in [0.15, 0.2) is 30.7 Å². The van der Waals surface area contributed by atoms with Gasteiger partial charge in [0.25, 0.3) is 0 Å². The van der Waals surface area contributed by atoms with Crippen molar-refractivity contribution in [3.63, 3.8) is 0 Å². The molecule has 1 aliphatic rings. The summed E-state index contributed by atoms with van der Waals surface area (Å²) in [5.74, 6) is 1.13. The van der Waals surface area contributed by atoms with E-state index in [1.807, 2.05) is 30.2 Å². The van der Waals surface area contributed by atoms with E-state index in [1.165, 1.54) is 0 Å². The van der Waals surface area contributed by atoms with Crippen LogP contribution in [0.5, 0.6) is 0 Å². The summed E-state index contributed by atoms with van der Waals surface area (Å²) in [5, 5.41) is 4.30. The molecule has 140 valence electrons. The van der Waals surface area contributed by atoms with Crippen LogP contribution in [0.4, 0.5) is 11.5 Å². The predicted molar refractivity (Wildman–Crippen MR) is 107 cm³/mol. The normalized spacial score (nSPS) is 15.2. The van der Waals surface area contributed by atoms with Gasteiger partial charge in [-0.05, 0) is 44.4 Å². The average molecular weight is 363 g/mol. The third kappa shape index (κ3) is 3.08. The third-order valence-electron chi connectivity index (χ3n) is 5.49. The maximum absolute atomic E-state index is 7.64. The predicted octanol–water partition coefficient (Wildman–Crippen LogP) is 4.20. The summed E-state index contributed by atoms with van der Waals surface area (Å²) in [6, 6.07) is 4.58. The molecule has 4 heterocycles. The number of ether oxygens (including phenoxy) is 1. The van der Waals surface area contributed by atoms with Gasteiger partial charge >= 0.3 is 0 Å². The molecular formula is C21H25N5O. The number of aryl methyl sites for hydroxylation is 1. The number of rotatable bonds is 4. The van der Waals surface area contributed by atoms with Gasteiger partial charge in [-0.1, -0.05) is 0 Å². The highest BCUT2D eigenvalue weighted by Gasteiger charge is 2.25. The molecule has 0 radical (unpaired) electrons. The Bertz CT molecular complexity index is 1000. The Morgan fingerprint density at radius 2 is 2.04 bits per heavy atom. The topological polar surface area (TPSA) is 39.1 Å². The molecule has 1 aliphatic heterocycles. The van der Waals surface area contributed by atoms with Gasteiger partial charge in [0.1, 0.15) is 5.82 Å². The zero-order valence-corrected chi connectivity index (χ0v) is 16.1. The number of aromatic nitrogens is 3. The number of anilines is 1. The summed E-state index contributed by atoms with van der Waals surface area (Å²) >= 11 is 0. The van der Waals surface area contributed by atoms with Crippen molar-refractivity contribution in [3.05, 3.63) is 47.7 Å². The smallest absolute Gasteiger partial charge is 0.195 e. The van der Waals surface area contributed by atoms with Gasteiger partial charge < -0.3 is 14.0 Å². The van der Waals surface area contributed by atoms with Crippen LogP contribution < -0.4 is 4.90 Å². The number of hydrogen-bond donors (Lipinski definition) is 0. The van der Waals surface area contributed by atoms with Crippen molar-refractivity contribution in [3.8, 4) is 11.1 Å². The summed E-state index contributed by atoms with van der Waals surface area (Å²) in [6.45, 7) is 14.4. The molecule has 0 aliphatic carbocycles. The summed E-state index contributed by atoms with van der Waals surface area (Å²) in [5.41, 5.74) is 5.01. The summed E-state index contributed by atoms with van der Waals surface area (Å²) < 4.78 is 9.62. The average Bonchev–Trinajstić information content (AvgIpc) is 3.30. The van der Waals surface area contributed by atoms with Crippen molar-refractivity contribution in [1.82, 2.24) is 14.2 Å². The molecule has 6 nitrogen and oxygen atoms in total. The minimum atomic E-state index is 0.441. The molecule has 0 atom stereocenters. The Morgan fingerprint density at radius 1 is 1.26 bits per heavy atom. The second kappa shape index (κ2) is 7.09. The van der Waals surface area contributed by atoms with Crippen molar-refractivity contribution in [2.45, 2.75) is 32.7 Å². The Hall–Kier alpha value is -2.78. The van der Waals surface area contributed by atoms with Crippen LogP contribution in [0.3, 0.4) is 0 Å². The van der Waals surface area contributed by atoms with Crippen molar-refractivity contribution in [1.29, 1.82) is 0 Å². The first-order chi connectivity index (χ1) is 13.1. The van der Waals surface area contributed by atoms with Crippen molar-refractivity contribution < 1.29 is 4.74 Å². The fraction of sp³-hybridized carbons (Fsp3) is 0.429. The Labute approximate surface area is 159 Å². The van der Waals surface area contributed by atoms with E-state index in [2.05, 4.69) is 45.4 Å². The van der Waals surface area contributed by atoms with Gasteiger partial charge in [0.2, 0.25) is 0 Å². The molecule has 3 aromatic rings. The van der Waals surface area contributed by atoms with E-state index in [-0.39, 0.29) is 0 Å². The van der Waals surface area contributed by atoms with Crippen LogP contribution >= 0.6 is 0 Å². The van der Waals surface area contributed by atoms with E-state index in [0.717, 1.165) is 66.3 Å². The minimum Gasteiger partial charge on any atom is -0.381 e. The van der Waals surface area contributed by atoms with Crippen molar-refractivity contribution >= 4 is 17.0 Å². The van der Waals surface area contributed by atoms with Crippen LogP contribution in [0.25, 0.3) is 21.5 Å². The number of hydrogen-bond acceptors (Lipinski definition) is 3. The van der Waals surface area contributed by atoms with Gasteiger partial charge in [0.15, 0.2) is 5.69 Å². The van der Waals surface area contributed by atoms with Gasteiger partial charge in [0, 0.05) is 61.9 Å². The SMILES string of the molecule is [C-]#[N+]c1cc2cc(-c3cnn(C)c3)cn2c(N(CC)C2CCOCC2)c1C. The van der Waals surface area contributed by atoms with Crippen LogP contribution in [-0.2, 0) is 11.8 Å². The van der Waals surface area contributed by atoms with Gasteiger partial charge in [-0.15, -0.1) is 0 Å². The van der Waals surface area contributed by atoms with Gasteiger partial charge in [-0.25, -0.2) is 4.85 Å². The van der Waals surface area contributed by atoms with Crippen LogP contribution in [0, 0.1) is 13.5 Å². The molecule has 3 aromatic heterocycles. The highest BCUT2D eigenvalue weighted by atomic mass is 16.5. The molecule has 0 amide bonds. The van der Waals surface area contributed by atoms with Gasteiger partial charge in [-0.2, -0.15) is 5.10 Å². The summed E-state index contributed by atoms with van der Waals surface area (Å²) in [4.78, 5) is 6.25. The maximum Gasteiger partial charge on any atom is 0.195 e. The number of nitrogens with zero attached hydrogens (tertiary/aromatic N) is 5. The largest absolute Gasteiger partial charge is 0.381 e. The monoisotopic (exact) mass is 363 g/mol. The first-order valence-corrected chi connectivity index (χ1v) is 9.49. The highest BCUT2D eigenvalue weighted by Crippen LogP contribution is 2.36. The van der Waals surface area contributed by atoms with E-state index < -0.39 is 0 Å². The summed E-state index contributed by atoms with van der Waals surface area (Å²) in [6.07, 6.45) is 8.12. The fourth-order valence-electron chi connectivity index (χ4n) is 4.09. The van der Waals surface area contributed by atoms with Crippen LogP contribution in [0.2, 0.25) is 0 Å². The number of fused-ring (bicyclic) bond motifs is 1. The molecule has 0 spiro atoms. The third-order valence-corrected chi connectivity index (χ3v) is 5.49. The van der Waals surface area contributed by atoms with E-state index in [4.69, 9.17) is 11.3 Å². The molecule has 1 saturated heterocycles. The highest BCUT2D eigenvalue weighted by molar-refractivity contribution is 5.78. The first-order valence-electron chi connectivity index (χ1n) is 9.49. The minimum absolute atomic E-state index is 0.441. The number of pyridine rings is 1. The molecule has 0 saturated carbocycles. The van der Waals surface area contributed by atoms with E-state index in [9.17, 15) is 0 Å². The molecule has 27 heavy (non-hydrogen) atoms. The molecule has 0 unspecified atom stereocenters. The van der Waals surface area contributed by atoms with Crippen molar-refractivity contribution in [2.24, 2.45) is 7.05 Å². The molecular weight excluding hydrogens is 338 g/mol.